The fraction of sp³-hybridized carbons (Fsp3) is 0.806. The number of fused-ring (bicyclic) bond motifs is 7. The lowest BCUT2D eigenvalue weighted by Gasteiger charge is -2.75. The van der Waals surface area contributed by atoms with E-state index in [2.05, 4.69) is 60.8 Å². The number of nitro groups is 2. The van der Waals surface area contributed by atoms with E-state index >= 15 is 0 Å². The highest BCUT2D eigenvalue weighted by molar-refractivity contribution is 5.89. The Bertz CT molecular complexity index is 1410. The normalized spacial score (nSPS) is 45.3. The molecule has 6 rings (SSSR count). The zero-order valence-electron chi connectivity index (χ0n) is 28.3. The van der Waals surface area contributed by atoms with Gasteiger partial charge in [0.05, 0.1) is 15.9 Å². The van der Waals surface area contributed by atoms with E-state index in [1.165, 1.54) is 69.9 Å². The van der Waals surface area contributed by atoms with E-state index in [1.54, 1.807) is 0 Å². The number of non-ortho nitro benzene ring substituents is 1. The molecule has 0 aromatic heterocycles. The summed E-state index contributed by atoms with van der Waals surface area (Å²) in [6.07, 6.45) is 13.9. The molecule has 0 bridgehead atoms. The molecule has 5 aliphatic rings. The van der Waals surface area contributed by atoms with E-state index in [9.17, 15) is 20.2 Å². The Kier molecular flexibility index (Phi) is 7.15. The monoisotopic (exact) mass is 606 g/mol. The van der Waals surface area contributed by atoms with Crippen LogP contribution in [-0.2, 0) is 0 Å². The molecule has 0 aliphatic heterocycles. The van der Waals surface area contributed by atoms with E-state index in [1.807, 2.05) is 0 Å². The minimum atomic E-state index is -0.611. The molecule has 0 amide bonds. The first kappa shape index (κ1) is 31.5. The molecule has 242 valence electrons. The third-order valence-electron chi connectivity index (χ3n) is 15.5. The quantitative estimate of drug-likeness (QED) is 0.271. The van der Waals surface area contributed by atoms with E-state index in [0.717, 1.165) is 36.5 Å². The lowest BCUT2D eigenvalue weighted by Crippen LogP contribution is -2.67. The number of anilines is 1. The van der Waals surface area contributed by atoms with Gasteiger partial charge in [-0.2, -0.15) is 5.10 Å². The fourth-order valence-corrected chi connectivity index (χ4v) is 12.4. The van der Waals surface area contributed by atoms with Gasteiger partial charge in [0.25, 0.3) is 5.69 Å². The van der Waals surface area contributed by atoms with Crippen LogP contribution in [0.25, 0.3) is 0 Å². The number of hydrazone groups is 1. The van der Waals surface area contributed by atoms with Crippen LogP contribution in [0, 0.1) is 76.4 Å². The standard InChI is InChI=1S/C36H54N4O4/c1-23-25(37-38-26-10-9-24(39(41)42)21-27(26)40(43)44)11-12-28-33(23,5)14-13-29-34(28,6)18-20-36(8)30-22-31(2,3)15-16-32(30,4)17-19-35(29,36)7/h9-10,21,23,28-30,38H,11-20,22H2,1-8H3/b37-25-/t23-,28-,29-,30+,32-,33-,34-,35-,36+/m1/s1. The van der Waals surface area contributed by atoms with Gasteiger partial charge in [0, 0.05) is 17.7 Å². The molecule has 44 heavy (non-hydrogen) atoms. The second-order valence-corrected chi connectivity index (χ2v) is 17.8. The van der Waals surface area contributed by atoms with Gasteiger partial charge in [-0.15, -0.1) is 0 Å². The van der Waals surface area contributed by atoms with Gasteiger partial charge < -0.3 is 0 Å². The lowest BCUT2D eigenvalue weighted by molar-refractivity contribution is -0.393. The van der Waals surface area contributed by atoms with Crippen molar-refractivity contribution in [3.05, 3.63) is 38.4 Å². The molecule has 8 nitrogen and oxygen atoms in total. The lowest BCUT2D eigenvalue weighted by atomic mass is 9.30. The van der Waals surface area contributed by atoms with Crippen molar-refractivity contribution < 1.29 is 9.85 Å². The number of nitrogens with zero attached hydrogens (tertiary/aromatic N) is 3. The Morgan fingerprint density at radius 1 is 0.773 bits per heavy atom. The van der Waals surface area contributed by atoms with Crippen LogP contribution < -0.4 is 5.43 Å². The molecule has 5 aliphatic carbocycles. The Morgan fingerprint density at radius 3 is 2.11 bits per heavy atom. The van der Waals surface area contributed by atoms with Gasteiger partial charge in [-0.1, -0.05) is 55.4 Å². The summed E-state index contributed by atoms with van der Waals surface area (Å²) in [5, 5.41) is 27.6. The van der Waals surface area contributed by atoms with Gasteiger partial charge in [0.2, 0.25) is 0 Å². The van der Waals surface area contributed by atoms with Crippen molar-refractivity contribution in [3.8, 4) is 0 Å². The molecule has 1 N–H and O–H groups in total. The van der Waals surface area contributed by atoms with Crippen molar-refractivity contribution in [1.29, 1.82) is 0 Å². The summed E-state index contributed by atoms with van der Waals surface area (Å²) in [5.41, 5.74) is 5.64. The summed E-state index contributed by atoms with van der Waals surface area (Å²) in [6, 6.07) is 3.69. The minimum Gasteiger partial charge on any atom is -0.272 e. The van der Waals surface area contributed by atoms with Crippen molar-refractivity contribution in [2.75, 3.05) is 5.43 Å². The van der Waals surface area contributed by atoms with Gasteiger partial charge >= 0.3 is 5.69 Å². The molecule has 1 aromatic rings. The number of nitrogens with one attached hydrogen (secondary N) is 1. The summed E-state index contributed by atoms with van der Waals surface area (Å²) < 4.78 is 0. The predicted octanol–water partition coefficient (Wildman–Crippen LogP) is 10.2. The van der Waals surface area contributed by atoms with Crippen LogP contribution in [0.4, 0.5) is 17.1 Å². The Labute approximate surface area is 263 Å². The molecule has 8 heteroatoms. The highest BCUT2D eigenvalue weighted by atomic mass is 16.6. The SMILES string of the molecule is C[C@@H]1/C(=N\Nc2ccc([N+](=O)[O-])cc2[N+](=O)[O-])CC[C@@H]2[C@]1(C)CC[C@@H]1[C@]2(C)CC[C@@]2(C)[C@H]3CC(C)(C)CC[C@]3(C)CC[C@]12C. The van der Waals surface area contributed by atoms with Crippen LogP contribution in [0.2, 0.25) is 0 Å². The van der Waals surface area contributed by atoms with Crippen LogP contribution in [0.1, 0.15) is 126 Å². The maximum absolute atomic E-state index is 11.7. The van der Waals surface area contributed by atoms with Crippen LogP contribution in [-0.4, -0.2) is 15.6 Å². The number of benzene rings is 1. The molecule has 9 atom stereocenters. The van der Waals surface area contributed by atoms with Crippen LogP contribution in [0.15, 0.2) is 23.3 Å². The van der Waals surface area contributed by atoms with Crippen molar-refractivity contribution in [3.63, 3.8) is 0 Å². The first-order chi connectivity index (χ1) is 20.4. The number of rotatable bonds is 4. The summed E-state index contributed by atoms with van der Waals surface area (Å²) in [7, 11) is 0. The first-order valence-corrected chi connectivity index (χ1v) is 17.2. The van der Waals surface area contributed by atoms with E-state index in [-0.39, 0.29) is 28.4 Å². The van der Waals surface area contributed by atoms with Crippen LogP contribution in [0.3, 0.4) is 0 Å². The molecule has 5 fully saturated rings. The molecule has 0 spiro atoms. The zero-order chi connectivity index (χ0) is 32.1. The van der Waals surface area contributed by atoms with Crippen molar-refractivity contribution in [2.45, 2.75) is 126 Å². The van der Waals surface area contributed by atoms with Gasteiger partial charge in [0.15, 0.2) is 0 Å². The van der Waals surface area contributed by atoms with E-state index < -0.39 is 9.85 Å². The topological polar surface area (TPSA) is 111 Å². The molecule has 0 saturated heterocycles. The summed E-state index contributed by atoms with van der Waals surface area (Å²) in [5.74, 6) is 2.40. The third-order valence-corrected chi connectivity index (χ3v) is 15.5. The molecule has 0 heterocycles. The smallest absolute Gasteiger partial charge is 0.272 e. The second-order valence-electron chi connectivity index (χ2n) is 17.8. The maximum atomic E-state index is 11.7. The Morgan fingerprint density at radius 2 is 1.43 bits per heavy atom. The second kappa shape index (κ2) is 9.99. The highest BCUT2D eigenvalue weighted by Gasteiger charge is 2.70. The number of nitro benzene ring substituents is 2. The zero-order valence-corrected chi connectivity index (χ0v) is 28.3. The average molecular weight is 607 g/mol. The van der Waals surface area contributed by atoms with Gasteiger partial charge in [-0.05, 0) is 127 Å². The van der Waals surface area contributed by atoms with Crippen molar-refractivity contribution >= 4 is 22.8 Å². The van der Waals surface area contributed by atoms with E-state index in [4.69, 9.17) is 5.10 Å². The predicted molar refractivity (Wildman–Crippen MR) is 176 cm³/mol. The Balaban J connectivity index is 1.27. The first-order valence-electron chi connectivity index (χ1n) is 17.2. The highest BCUT2D eigenvalue weighted by Crippen LogP contribution is 2.78. The summed E-state index contributed by atoms with van der Waals surface area (Å²) in [6.45, 7) is 20.5. The van der Waals surface area contributed by atoms with Crippen molar-refractivity contribution in [2.24, 2.45) is 61.3 Å². The Hall–Kier alpha value is -2.51. The average Bonchev–Trinajstić information content (AvgIpc) is 2.95. The minimum absolute atomic E-state index is 0.117. The maximum Gasteiger partial charge on any atom is 0.301 e. The fourth-order valence-electron chi connectivity index (χ4n) is 12.4. The number of hydrogen-bond donors (Lipinski definition) is 1. The molecular formula is C36H54N4O4. The largest absolute Gasteiger partial charge is 0.301 e. The summed E-state index contributed by atoms with van der Waals surface area (Å²) in [4.78, 5) is 21.7. The molecule has 0 unspecified atom stereocenters. The van der Waals surface area contributed by atoms with Crippen molar-refractivity contribution in [1.82, 2.24) is 0 Å². The third kappa shape index (κ3) is 4.39. The number of hydrogen-bond acceptors (Lipinski definition) is 6. The molecular weight excluding hydrogens is 552 g/mol. The van der Waals surface area contributed by atoms with Gasteiger partial charge in [0.1, 0.15) is 5.69 Å². The van der Waals surface area contributed by atoms with Crippen LogP contribution in [0.5, 0.6) is 0 Å². The summed E-state index contributed by atoms with van der Waals surface area (Å²) >= 11 is 0. The van der Waals surface area contributed by atoms with Crippen LogP contribution >= 0.6 is 0 Å². The van der Waals surface area contributed by atoms with E-state index in [0.29, 0.717) is 33.0 Å². The molecule has 0 radical (unpaired) electrons. The van der Waals surface area contributed by atoms with Gasteiger partial charge in [-0.3, -0.25) is 25.7 Å². The molecule has 1 aromatic carbocycles. The van der Waals surface area contributed by atoms with Gasteiger partial charge in [-0.25, -0.2) is 0 Å². The molecule has 5 saturated carbocycles.